The maximum Gasteiger partial charge on any atom is 0.228 e. The van der Waals surface area contributed by atoms with Gasteiger partial charge in [0.15, 0.2) is 0 Å². The molecule has 78 valence electrons. The van der Waals surface area contributed by atoms with E-state index < -0.39 is 10.0 Å². The molecule has 1 rings (SSSR count). The SMILES string of the molecule is O=S(=O)(CCl)N1CCCCCCC1. The number of hydrogen-bond acceptors (Lipinski definition) is 2. The molecule has 0 aromatic carbocycles. The topological polar surface area (TPSA) is 37.4 Å². The Balaban J connectivity index is 2.56. The molecule has 0 unspecified atom stereocenters. The van der Waals surface area contributed by atoms with Crippen LogP contribution in [0.1, 0.15) is 32.1 Å². The van der Waals surface area contributed by atoms with Gasteiger partial charge in [0.25, 0.3) is 0 Å². The van der Waals surface area contributed by atoms with Crippen LogP contribution < -0.4 is 0 Å². The van der Waals surface area contributed by atoms with Crippen LogP contribution in [-0.4, -0.2) is 31.0 Å². The molecule has 0 amide bonds. The van der Waals surface area contributed by atoms with Crippen LogP contribution in [0.5, 0.6) is 0 Å². The van der Waals surface area contributed by atoms with Crippen molar-refractivity contribution in [2.75, 3.05) is 18.3 Å². The Hall–Kier alpha value is 0.200. The van der Waals surface area contributed by atoms with E-state index in [4.69, 9.17) is 11.6 Å². The van der Waals surface area contributed by atoms with Crippen molar-refractivity contribution in [1.82, 2.24) is 4.31 Å². The van der Waals surface area contributed by atoms with Crippen molar-refractivity contribution in [2.45, 2.75) is 32.1 Å². The quantitative estimate of drug-likeness (QED) is 0.672. The van der Waals surface area contributed by atoms with Crippen molar-refractivity contribution >= 4 is 21.6 Å². The average Bonchev–Trinajstić information content (AvgIpc) is 2.03. The molecule has 1 saturated heterocycles. The molecule has 0 atom stereocenters. The number of rotatable bonds is 2. The van der Waals surface area contributed by atoms with Gasteiger partial charge in [-0.25, -0.2) is 12.7 Å². The summed E-state index contributed by atoms with van der Waals surface area (Å²) >= 11 is 5.39. The Labute approximate surface area is 85.1 Å². The maximum atomic E-state index is 11.4. The number of halogens is 1. The van der Waals surface area contributed by atoms with E-state index in [-0.39, 0.29) is 5.21 Å². The summed E-state index contributed by atoms with van der Waals surface area (Å²) in [6.45, 7) is 1.30. The fourth-order valence-electron chi connectivity index (χ4n) is 1.57. The Morgan fingerprint density at radius 3 is 1.92 bits per heavy atom. The smallest absolute Gasteiger partial charge is 0.211 e. The van der Waals surface area contributed by atoms with Gasteiger partial charge in [0.1, 0.15) is 5.21 Å². The summed E-state index contributed by atoms with van der Waals surface area (Å²) in [6, 6.07) is 0. The average molecular weight is 226 g/mol. The first-order valence-electron chi connectivity index (χ1n) is 4.70. The highest BCUT2D eigenvalue weighted by Crippen LogP contribution is 2.14. The number of sulfonamides is 1. The zero-order chi connectivity index (χ0) is 9.73. The van der Waals surface area contributed by atoms with Crippen molar-refractivity contribution in [3.8, 4) is 0 Å². The van der Waals surface area contributed by atoms with E-state index in [1.54, 1.807) is 0 Å². The Morgan fingerprint density at radius 1 is 1.00 bits per heavy atom. The van der Waals surface area contributed by atoms with Crippen LogP contribution in [0.4, 0.5) is 0 Å². The van der Waals surface area contributed by atoms with E-state index >= 15 is 0 Å². The standard InChI is InChI=1S/C8H16ClNO2S/c9-8-13(11,12)10-6-4-2-1-3-5-7-10/h1-8H2. The molecule has 0 aliphatic carbocycles. The van der Waals surface area contributed by atoms with Gasteiger partial charge in [-0.1, -0.05) is 19.3 Å². The van der Waals surface area contributed by atoms with Crippen LogP contribution in [0.15, 0.2) is 0 Å². The van der Waals surface area contributed by atoms with E-state index in [9.17, 15) is 8.42 Å². The maximum absolute atomic E-state index is 11.4. The molecular formula is C8H16ClNO2S. The summed E-state index contributed by atoms with van der Waals surface area (Å²) < 4.78 is 24.4. The zero-order valence-corrected chi connectivity index (χ0v) is 9.28. The van der Waals surface area contributed by atoms with Crippen LogP contribution in [-0.2, 0) is 10.0 Å². The summed E-state index contributed by atoms with van der Waals surface area (Å²) in [5.74, 6) is 0. The second-order valence-electron chi connectivity index (χ2n) is 3.39. The van der Waals surface area contributed by atoms with Gasteiger partial charge in [-0.05, 0) is 12.8 Å². The molecule has 0 radical (unpaired) electrons. The molecule has 1 heterocycles. The van der Waals surface area contributed by atoms with E-state index in [1.807, 2.05) is 0 Å². The third-order valence-corrected chi connectivity index (χ3v) is 4.60. The molecule has 5 heteroatoms. The minimum atomic E-state index is -3.16. The summed E-state index contributed by atoms with van der Waals surface area (Å²) in [4.78, 5) is 0. The lowest BCUT2D eigenvalue weighted by Gasteiger charge is -2.22. The molecule has 0 spiro atoms. The molecule has 0 aromatic rings. The van der Waals surface area contributed by atoms with Crippen molar-refractivity contribution < 1.29 is 8.42 Å². The molecule has 13 heavy (non-hydrogen) atoms. The Morgan fingerprint density at radius 2 is 1.46 bits per heavy atom. The predicted molar refractivity (Wildman–Crippen MR) is 54.3 cm³/mol. The van der Waals surface area contributed by atoms with Gasteiger partial charge in [0.05, 0.1) is 0 Å². The highest BCUT2D eigenvalue weighted by Gasteiger charge is 2.20. The molecule has 1 fully saturated rings. The van der Waals surface area contributed by atoms with Crippen LogP contribution in [0.3, 0.4) is 0 Å². The second-order valence-corrected chi connectivity index (χ2v) is 5.94. The van der Waals surface area contributed by atoms with E-state index in [0.29, 0.717) is 13.1 Å². The van der Waals surface area contributed by atoms with Crippen LogP contribution in [0.2, 0.25) is 0 Å². The lowest BCUT2D eigenvalue weighted by molar-refractivity contribution is 0.366. The molecule has 0 N–H and O–H groups in total. The third-order valence-electron chi connectivity index (χ3n) is 2.35. The lowest BCUT2D eigenvalue weighted by atomic mass is 10.1. The van der Waals surface area contributed by atoms with Crippen molar-refractivity contribution in [3.63, 3.8) is 0 Å². The van der Waals surface area contributed by atoms with Crippen LogP contribution >= 0.6 is 11.6 Å². The van der Waals surface area contributed by atoms with Crippen LogP contribution in [0.25, 0.3) is 0 Å². The monoisotopic (exact) mass is 225 g/mol. The van der Waals surface area contributed by atoms with Crippen molar-refractivity contribution in [2.24, 2.45) is 0 Å². The summed E-state index contributed by atoms with van der Waals surface area (Å²) in [5, 5.41) is -0.285. The molecule has 0 aromatic heterocycles. The molecular weight excluding hydrogens is 210 g/mol. The zero-order valence-electron chi connectivity index (χ0n) is 7.71. The normalized spacial score (nSPS) is 22.2. The summed E-state index contributed by atoms with van der Waals surface area (Å²) in [6.07, 6.45) is 5.43. The minimum Gasteiger partial charge on any atom is -0.211 e. The van der Waals surface area contributed by atoms with Gasteiger partial charge in [-0.15, -0.1) is 11.6 Å². The second kappa shape index (κ2) is 5.17. The first kappa shape index (κ1) is 11.3. The number of nitrogens with zero attached hydrogens (tertiary/aromatic N) is 1. The third kappa shape index (κ3) is 3.44. The highest BCUT2D eigenvalue weighted by atomic mass is 35.5. The molecule has 1 aliphatic rings. The van der Waals surface area contributed by atoms with E-state index in [2.05, 4.69) is 0 Å². The Kier molecular flexibility index (Phi) is 4.49. The first-order chi connectivity index (χ1) is 6.17. The highest BCUT2D eigenvalue weighted by molar-refractivity contribution is 7.90. The lowest BCUT2D eigenvalue weighted by Crippen LogP contribution is -2.34. The van der Waals surface area contributed by atoms with E-state index in [1.165, 1.54) is 10.7 Å². The predicted octanol–water partition coefficient (Wildman–Crippen LogP) is 1.78. The number of alkyl halides is 1. The summed E-state index contributed by atoms with van der Waals surface area (Å²) in [5.41, 5.74) is 0. The van der Waals surface area contributed by atoms with Gasteiger partial charge in [-0.3, -0.25) is 0 Å². The number of hydrogen-bond donors (Lipinski definition) is 0. The molecule has 3 nitrogen and oxygen atoms in total. The van der Waals surface area contributed by atoms with Gasteiger partial charge in [-0.2, -0.15) is 0 Å². The first-order valence-corrected chi connectivity index (χ1v) is 6.85. The van der Waals surface area contributed by atoms with Gasteiger partial charge >= 0.3 is 0 Å². The van der Waals surface area contributed by atoms with Gasteiger partial charge in [0, 0.05) is 13.1 Å². The molecule has 0 saturated carbocycles. The van der Waals surface area contributed by atoms with Crippen LogP contribution in [0, 0.1) is 0 Å². The van der Waals surface area contributed by atoms with Crippen molar-refractivity contribution in [3.05, 3.63) is 0 Å². The van der Waals surface area contributed by atoms with Gasteiger partial charge in [0.2, 0.25) is 10.0 Å². The largest absolute Gasteiger partial charge is 0.228 e. The van der Waals surface area contributed by atoms with Gasteiger partial charge < -0.3 is 0 Å². The summed E-state index contributed by atoms with van der Waals surface area (Å²) in [7, 11) is -3.16. The van der Waals surface area contributed by atoms with E-state index in [0.717, 1.165) is 25.7 Å². The fraction of sp³-hybridized carbons (Fsp3) is 1.00. The molecule has 0 bridgehead atoms. The van der Waals surface area contributed by atoms with Crippen molar-refractivity contribution in [1.29, 1.82) is 0 Å². The molecule has 1 aliphatic heterocycles. The Bertz CT molecular complexity index is 233. The minimum absolute atomic E-state index is 0.285. The fourth-order valence-corrected chi connectivity index (χ4v) is 2.93.